The molecule has 0 aliphatic heterocycles. The molecule has 0 aliphatic rings. The van der Waals surface area contributed by atoms with Crippen LogP contribution < -0.4 is 5.32 Å². The summed E-state index contributed by atoms with van der Waals surface area (Å²) in [6.45, 7) is 4.75. The van der Waals surface area contributed by atoms with Gasteiger partial charge in [-0.25, -0.2) is 9.97 Å². The first-order chi connectivity index (χ1) is 11.0. The van der Waals surface area contributed by atoms with Crippen LogP contribution in [0.15, 0.2) is 30.3 Å². The zero-order chi connectivity index (χ0) is 16.8. The second-order valence-electron chi connectivity index (χ2n) is 5.72. The number of aromatic nitrogens is 2. The van der Waals surface area contributed by atoms with Crippen LogP contribution in [0, 0.1) is 6.92 Å². The van der Waals surface area contributed by atoms with Gasteiger partial charge in [-0.2, -0.15) is 0 Å². The molecule has 1 aromatic heterocycles. The Morgan fingerprint density at radius 3 is 2.70 bits per heavy atom. The Bertz CT molecular complexity index is 682. The van der Waals surface area contributed by atoms with Gasteiger partial charge in [0.25, 0.3) is 5.91 Å². The summed E-state index contributed by atoms with van der Waals surface area (Å²) in [6.07, 6.45) is 1.73. The summed E-state index contributed by atoms with van der Waals surface area (Å²) in [5.74, 6) is 1.67. The molecule has 2 aromatic rings. The summed E-state index contributed by atoms with van der Waals surface area (Å²) in [7, 11) is 3.53. The lowest BCUT2D eigenvalue weighted by molar-refractivity contribution is 0.0827. The van der Waals surface area contributed by atoms with Crippen molar-refractivity contribution in [1.29, 1.82) is 0 Å². The minimum atomic E-state index is 0.0267. The average Bonchev–Trinajstić information content (AvgIpc) is 2.53. The first-order valence-electron chi connectivity index (χ1n) is 7.88. The maximum Gasteiger partial charge on any atom is 0.253 e. The summed E-state index contributed by atoms with van der Waals surface area (Å²) in [4.78, 5) is 22.4. The van der Waals surface area contributed by atoms with E-state index in [9.17, 15) is 4.79 Å². The number of aryl methyl sites for hydroxylation is 2. The standard InChI is InChI=1S/C18H24N4O/c1-5-16-12-17(21-13(2)20-16)19-10-9-14-7-6-8-15(11-14)18(23)22(3)4/h6-8,11-12H,5,9-10H2,1-4H3,(H,19,20,21). The Balaban J connectivity index is 1.98. The molecule has 0 spiro atoms. The van der Waals surface area contributed by atoms with Gasteiger partial charge in [0.05, 0.1) is 0 Å². The Kier molecular flexibility index (Phi) is 5.68. The summed E-state index contributed by atoms with van der Waals surface area (Å²) in [5.41, 5.74) is 2.89. The number of carbonyl (C=O) groups is 1. The van der Waals surface area contributed by atoms with Gasteiger partial charge in [-0.3, -0.25) is 4.79 Å². The minimum Gasteiger partial charge on any atom is -0.370 e. The van der Waals surface area contributed by atoms with Crippen LogP contribution in [0.25, 0.3) is 0 Å². The highest BCUT2D eigenvalue weighted by Crippen LogP contribution is 2.10. The molecule has 5 heteroatoms. The van der Waals surface area contributed by atoms with Gasteiger partial charge in [-0.1, -0.05) is 19.1 Å². The normalized spacial score (nSPS) is 10.4. The van der Waals surface area contributed by atoms with Crippen LogP contribution in [-0.2, 0) is 12.8 Å². The fourth-order valence-corrected chi connectivity index (χ4v) is 2.35. The minimum absolute atomic E-state index is 0.0267. The van der Waals surface area contributed by atoms with Gasteiger partial charge in [0.1, 0.15) is 11.6 Å². The van der Waals surface area contributed by atoms with E-state index in [-0.39, 0.29) is 5.91 Å². The highest BCUT2D eigenvalue weighted by atomic mass is 16.2. The summed E-state index contributed by atoms with van der Waals surface area (Å²) in [5, 5.41) is 3.33. The van der Waals surface area contributed by atoms with Crippen molar-refractivity contribution in [2.45, 2.75) is 26.7 Å². The van der Waals surface area contributed by atoms with Gasteiger partial charge >= 0.3 is 0 Å². The second kappa shape index (κ2) is 7.72. The van der Waals surface area contributed by atoms with Crippen LogP contribution in [0.4, 0.5) is 5.82 Å². The number of anilines is 1. The zero-order valence-corrected chi connectivity index (χ0v) is 14.3. The van der Waals surface area contributed by atoms with Crippen molar-refractivity contribution in [3.05, 3.63) is 53.0 Å². The third kappa shape index (κ3) is 4.77. The number of hydrogen-bond acceptors (Lipinski definition) is 4. The highest BCUT2D eigenvalue weighted by Gasteiger charge is 2.08. The number of hydrogen-bond donors (Lipinski definition) is 1. The Hall–Kier alpha value is -2.43. The fourth-order valence-electron chi connectivity index (χ4n) is 2.35. The van der Waals surface area contributed by atoms with Crippen molar-refractivity contribution < 1.29 is 4.79 Å². The number of carbonyl (C=O) groups excluding carboxylic acids is 1. The molecule has 0 saturated heterocycles. The summed E-state index contributed by atoms with van der Waals surface area (Å²) < 4.78 is 0. The van der Waals surface area contributed by atoms with Crippen LogP contribution in [-0.4, -0.2) is 41.4 Å². The number of benzene rings is 1. The van der Waals surface area contributed by atoms with Crippen LogP contribution >= 0.6 is 0 Å². The molecule has 1 amide bonds. The summed E-state index contributed by atoms with van der Waals surface area (Å²) >= 11 is 0. The maximum atomic E-state index is 12.0. The number of nitrogens with zero attached hydrogens (tertiary/aromatic N) is 3. The molecule has 2 rings (SSSR count). The molecule has 1 N–H and O–H groups in total. The van der Waals surface area contributed by atoms with Gasteiger partial charge in [-0.05, 0) is 37.5 Å². The van der Waals surface area contributed by atoms with Crippen LogP contribution in [0.5, 0.6) is 0 Å². The summed E-state index contributed by atoms with van der Waals surface area (Å²) in [6, 6.07) is 9.75. The highest BCUT2D eigenvalue weighted by molar-refractivity contribution is 5.94. The largest absolute Gasteiger partial charge is 0.370 e. The molecule has 0 bridgehead atoms. The number of rotatable bonds is 6. The van der Waals surface area contributed by atoms with Crippen molar-refractivity contribution in [1.82, 2.24) is 14.9 Å². The van der Waals surface area contributed by atoms with E-state index in [0.717, 1.165) is 47.8 Å². The van der Waals surface area contributed by atoms with Crippen LogP contribution in [0.2, 0.25) is 0 Å². The van der Waals surface area contributed by atoms with E-state index in [4.69, 9.17) is 0 Å². The monoisotopic (exact) mass is 312 g/mol. The molecular weight excluding hydrogens is 288 g/mol. The molecule has 0 fully saturated rings. The van der Waals surface area contributed by atoms with Gasteiger partial charge in [0, 0.05) is 38.0 Å². The van der Waals surface area contributed by atoms with Crippen molar-refractivity contribution in [3.8, 4) is 0 Å². The van der Waals surface area contributed by atoms with Gasteiger partial charge in [0.15, 0.2) is 0 Å². The first-order valence-corrected chi connectivity index (χ1v) is 7.88. The Morgan fingerprint density at radius 2 is 2.00 bits per heavy atom. The van der Waals surface area contributed by atoms with Gasteiger partial charge in [-0.15, -0.1) is 0 Å². The van der Waals surface area contributed by atoms with Crippen molar-refractivity contribution in [2.75, 3.05) is 26.0 Å². The first kappa shape index (κ1) is 16.9. The third-order valence-electron chi connectivity index (χ3n) is 3.55. The SMILES string of the molecule is CCc1cc(NCCc2cccc(C(=O)N(C)C)c2)nc(C)n1. The fraction of sp³-hybridized carbons (Fsp3) is 0.389. The lowest BCUT2D eigenvalue weighted by atomic mass is 10.1. The van der Waals surface area contributed by atoms with Crippen molar-refractivity contribution >= 4 is 11.7 Å². The molecule has 0 atom stereocenters. The van der Waals surface area contributed by atoms with E-state index in [1.807, 2.05) is 37.3 Å². The smallest absolute Gasteiger partial charge is 0.253 e. The van der Waals surface area contributed by atoms with E-state index in [1.54, 1.807) is 19.0 Å². The molecule has 0 unspecified atom stereocenters. The zero-order valence-electron chi connectivity index (χ0n) is 14.3. The van der Waals surface area contributed by atoms with Crippen molar-refractivity contribution in [3.63, 3.8) is 0 Å². The number of amides is 1. The molecule has 0 saturated carbocycles. The predicted molar refractivity (Wildman–Crippen MR) is 92.8 cm³/mol. The molecule has 122 valence electrons. The quantitative estimate of drug-likeness (QED) is 0.891. The topological polar surface area (TPSA) is 58.1 Å². The Labute approximate surface area is 137 Å². The average molecular weight is 312 g/mol. The Morgan fingerprint density at radius 1 is 1.22 bits per heavy atom. The van der Waals surface area contributed by atoms with E-state index >= 15 is 0 Å². The van der Waals surface area contributed by atoms with E-state index in [1.165, 1.54) is 0 Å². The maximum absolute atomic E-state index is 12.0. The van der Waals surface area contributed by atoms with Gasteiger partial charge in [0.2, 0.25) is 0 Å². The lowest BCUT2D eigenvalue weighted by Gasteiger charge is -2.12. The lowest BCUT2D eigenvalue weighted by Crippen LogP contribution is -2.21. The number of nitrogens with one attached hydrogen (secondary N) is 1. The molecule has 0 aliphatic carbocycles. The van der Waals surface area contributed by atoms with Gasteiger partial charge < -0.3 is 10.2 Å². The van der Waals surface area contributed by atoms with Crippen molar-refractivity contribution in [2.24, 2.45) is 0 Å². The third-order valence-corrected chi connectivity index (χ3v) is 3.55. The second-order valence-corrected chi connectivity index (χ2v) is 5.72. The molecule has 1 aromatic carbocycles. The van der Waals surface area contributed by atoms with E-state index < -0.39 is 0 Å². The molecular formula is C18H24N4O. The van der Waals surface area contributed by atoms with Crippen LogP contribution in [0.1, 0.15) is 34.4 Å². The van der Waals surface area contributed by atoms with E-state index in [0.29, 0.717) is 0 Å². The molecule has 5 nitrogen and oxygen atoms in total. The molecule has 1 heterocycles. The molecule has 0 radical (unpaired) electrons. The predicted octanol–water partition coefficient (Wildman–Crippen LogP) is 2.70. The van der Waals surface area contributed by atoms with E-state index in [2.05, 4.69) is 22.2 Å². The van der Waals surface area contributed by atoms with Crippen LogP contribution in [0.3, 0.4) is 0 Å². The molecule has 23 heavy (non-hydrogen) atoms.